The van der Waals surface area contributed by atoms with Crippen LogP contribution in [-0.2, 0) is 7.05 Å². The van der Waals surface area contributed by atoms with Gasteiger partial charge in [-0.2, -0.15) is 4.57 Å². The monoisotopic (exact) mass is 365 g/mol. The predicted molar refractivity (Wildman–Crippen MR) is 113 cm³/mol. The van der Waals surface area contributed by atoms with Crippen LogP contribution in [0.2, 0.25) is 0 Å². The molecule has 3 aromatic rings. The molecule has 0 aliphatic heterocycles. The molecule has 1 nitrogen and oxygen atoms in total. The second-order valence-corrected chi connectivity index (χ2v) is 7.76. The zero-order valence-electron chi connectivity index (χ0n) is 18.6. The number of rotatable bonds is 4. The van der Waals surface area contributed by atoms with Crippen LogP contribution in [0.25, 0.3) is 22.0 Å². The summed E-state index contributed by atoms with van der Waals surface area (Å²) in [6.07, 6.45) is 2.15. The molecule has 0 aliphatic rings. The van der Waals surface area contributed by atoms with Crippen molar-refractivity contribution in [2.45, 2.75) is 60.3 Å². The molecule has 27 heavy (non-hydrogen) atoms. The minimum absolute atomic E-state index is 0.166. The van der Waals surface area contributed by atoms with Gasteiger partial charge < -0.3 is 0 Å². The van der Waals surface area contributed by atoms with Crippen molar-refractivity contribution in [3.63, 3.8) is 0 Å². The molecular formula is C25H31FN+. The molecule has 0 spiro atoms. The molecule has 0 amide bonds. The lowest BCUT2D eigenvalue weighted by Crippen LogP contribution is -2.35. The number of benzene rings is 2. The molecule has 0 saturated carbocycles. The summed E-state index contributed by atoms with van der Waals surface area (Å²) in [5, 5.41) is 1.85. The molecule has 0 saturated heterocycles. The third-order valence-corrected chi connectivity index (χ3v) is 6.11. The minimum Gasteiger partial charge on any atom is -0.206 e. The maximum atomic E-state index is 15.3. The quantitative estimate of drug-likeness (QED) is 0.458. The van der Waals surface area contributed by atoms with Crippen LogP contribution in [0.5, 0.6) is 0 Å². The third-order valence-electron chi connectivity index (χ3n) is 6.11. The van der Waals surface area contributed by atoms with Crippen LogP contribution in [0.4, 0.5) is 4.39 Å². The molecule has 0 radical (unpaired) electrons. The minimum atomic E-state index is -0.166. The van der Waals surface area contributed by atoms with Crippen LogP contribution in [0.15, 0.2) is 30.3 Å². The molecule has 0 N–H and O–H groups in total. The Hall–Kier alpha value is -2.22. The van der Waals surface area contributed by atoms with E-state index in [2.05, 4.69) is 32.0 Å². The first kappa shape index (κ1) is 18.2. The van der Waals surface area contributed by atoms with Crippen molar-refractivity contribution >= 4 is 10.8 Å². The SMILES string of the molecule is [2H]c1c(C)[n+](C)c(-c2c(C)c(C)cc(C)c2F)c2ccc(C(CC)CC)cc12. The van der Waals surface area contributed by atoms with E-state index in [0.717, 1.165) is 46.1 Å². The van der Waals surface area contributed by atoms with E-state index in [1.165, 1.54) is 5.56 Å². The molecule has 3 rings (SSSR count). The lowest BCUT2D eigenvalue weighted by Gasteiger charge is -2.16. The van der Waals surface area contributed by atoms with Crippen molar-refractivity contribution < 1.29 is 10.3 Å². The highest BCUT2D eigenvalue weighted by atomic mass is 19.1. The Bertz CT molecular complexity index is 1040. The van der Waals surface area contributed by atoms with Gasteiger partial charge in [0.05, 0.1) is 12.3 Å². The Kier molecular flexibility index (Phi) is 4.99. The average molecular weight is 366 g/mol. The number of nitrogens with zero attached hydrogens (tertiary/aromatic N) is 1. The highest BCUT2D eigenvalue weighted by Crippen LogP contribution is 2.35. The van der Waals surface area contributed by atoms with Gasteiger partial charge in [-0.3, -0.25) is 0 Å². The van der Waals surface area contributed by atoms with Crippen LogP contribution in [0, 0.1) is 33.5 Å². The van der Waals surface area contributed by atoms with Crippen molar-refractivity contribution in [2.75, 3.05) is 0 Å². The van der Waals surface area contributed by atoms with E-state index in [1.54, 1.807) is 0 Å². The lowest BCUT2D eigenvalue weighted by molar-refractivity contribution is -0.665. The zero-order valence-corrected chi connectivity index (χ0v) is 17.6. The second-order valence-electron chi connectivity index (χ2n) is 7.76. The summed E-state index contributed by atoms with van der Waals surface area (Å²) in [4.78, 5) is 0. The average Bonchev–Trinajstić information content (AvgIpc) is 2.68. The molecule has 0 aliphatic carbocycles. The van der Waals surface area contributed by atoms with Gasteiger partial charge in [-0.25, -0.2) is 4.39 Å². The highest BCUT2D eigenvalue weighted by molar-refractivity contribution is 5.94. The highest BCUT2D eigenvalue weighted by Gasteiger charge is 2.25. The Morgan fingerprint density at radius 2 is 1.70 bits per heavy atom. The Morgan fingerprint density at radius 1 is 1.04 bits per heavy atom. The summed E-state index contributed by atoms with van der Waals surface area (Å²) >= 11 is 0. The van der Waals surface area contributed by atoms with Crippen molar-refractivity contribution in [3.8, 4) is 11.3 Å². The van der Waals surface area contributed by atoms with Gasteiger partial charge in [0.25, 0.3) is 0 Å². The standard InChI is InChI=1S/C25H31FN/c1-8-19(9-2)20-10-11-22-21(14-20)13-17(5)27(7)25(22)23-18(6)15(3)12-16(4)24(23)26/h10-14,19H,8-9H2,1-7H3/q+1/i13D. The summed E-state index contributed by atoms with van der Waals surface area (Å²) in [6.45, 7) is 12.2. The summed E-state index contributed by atoms with van der Waals surface area (Å²) in [5.41, 5.74) is 6.34. The van der Waals surface area contributed by atoms with E-state index in [1.807, 2.05) is 45.4 Å². The summed E-state index contributed by atoms with van der Waals surface area (Å²) in [6, 6.07) is 8.84. The first-order valence-electron chi connectivity index (χ1n) is 10.4. The van der Waals surface area contributed by atoms with Crippen molar-refractivity contribution in [3.05, 3.63) is 64.1 Å². The third kappa shape index (κ3) is 3.26. The number of hydrogen-bond acceptors (Lipinski definition) is 0. The van der Waals surface area contributed by atoms with Gasteiger partial charge in [0, 0.05) is 13.0 Å². The molecular weight excluding hydrogens is 333 g/mol. The van der Waals surface area contributed by atoms with Gasteiger partial charge in [0.15, 0.2) is 5.69 Å². The molecule has 1 aromatic heterocycles. The van der Waals surface area contributed by atoms with E-state index in [9.17, 15) is 0 Å². The number of halogens is 1. The smallest absolute Gasteiger partial charge is 0.206 e. The second kappa shape index (κ2) is 7.42. The number of aromatic nitrogens is 1. The molecule has 0 bridgehead atoms. The molecule has 0 atom stereocenters. The fraction of sp³-hybridized carbons (Fsp3) is 0.400. The maximum Gasteiger partial charge on any atom is 0.223 e. The zero-order chi connectivity index (χ0) is 20.7. The molecule has 2 aromatic carbocycles. The fourth-order valence-corrected chi connectivity index (χ4v) is 4.15. The Balaban J connectivity index is 2.46. The Labute approximate surface area is 164 Å². The van der Waals surface area contributed by atoms with Gasteiger partial charge >= 0.3 is 0 Å². The number of hydrogen-bond donors (Lipinski definition) is 0. The van der Waals surface area contributed by atoms with Crippen molar-refractivity contribution in [1.82, 2.24) is 0 Å². The first-order chi connectivity index (χ1) is 13.2. The molecule has 142 valence electrons. The van der Waals surface area contributed by atoms with Crippen molar-refractivity contribution in [1.29, 1.82) is 0 Å². The summed E-state index contributed by atoms with van der Waals surface area (Å²) in [5.74, 6) is 0.322. The van der Waals surface area contributed by atoms with Crippen LogP contribution < -0.4 is 4.57 Å². The van der Waals surface area contributed by atoms with Gasteiger partial charge in [-0.15, -0.1) is 0 Å². The van der Waals surface area contributed by atoms with E-state index in [0.29, 0.717) is 23.1 Å². The van der Waals surface area contributed by atoms with Gasteiger partial charge in [-0.1, -0.05) is 32.0 Å². The normalized spacial score (nSPS) is 12.1. The van der Waals surface area contributed by atoms with Gasteiger partial charge in [0.2, 0.25) is 5.69 Å². The Morgan fingerprint density at radius 3 is 2.33 bits per heavy atom. The van der Waals surface area contributed by atoms with Crippen molar-refractivity contribution in [2.24, 2.45) is 7.05 Å². The topological polar surface area (TPSA) is 3.88 Å². The van der Waals surface area contributed by atoms with E-state index >= 15 is 4.39 Å². The van der Waals surface area contributed by atoms with Crippen LogP contribution in [-0.4, -0.2) is 0 Å². The maximum absolute atomic E-state index is 15.3. The van der Waals surface area contributed by atoms with Crippen LogP contribution >= 0.6 is 0 Å². The molecule has 0 unspecified atom stereocenters. The van der Waals surface area contributed by atoms with Gasteiger partial charge in [-0.05, 0) is 73.2 Å². The molecule has 0 fully saturated rings. The largest absolute Gasteiger partial charge is 0.223 e. The number of fused-ring (bicyclic) bond motifs is 1. The molecule has 1 heterocycles. The molecule has 2 heteroatoms. The summed E-state index contributed by atoms with van der Waals surface area (Å²) < 4.78 is 26.0. The van der Waals surface area contributed by atoms with Gasteiger partial charge in [0.1, 0.15) is 12.9 Å². The fourth-order valence-electron chi connectivity index (χ4n) is 4.15. The predicted octanol–water partition coefficient (Wildman–Crippen LogP) is 6.61. The van der Waals surface area contributed by atoms with Crippen LogP contribution in [0.3, 0.4) is 0 Å². The van der Waals surface area contributed by atoms with Crippen LogP contribution in [0.1, 0.15) is 61.9 Å². The first-order valence-corrected chi connectivity index (χ1v) is 9.92. The summed E-state index contributed by atoms with van der Waals surface area (Å²) in [7, 11) is 1.94. The number of pyridine rings is 1. The van der Waals surface area contributed by atoms with E-state index < -0.39 is 0 Å². The lowest BCUT2D eigenvalue weighted by atomic mass is 9.89. The number of aryl methyl sites for hydroxylation is 2. The van der Waals surface area contributed by atoms with E-state index in [-0.39, 0.29) is 5.82 Å². The van der Waals surface area contributed by atoms with E-state index in [4.69, 9.17) is 1.37 Å².